The standard InChI is InChI=1S/C8H6F2N2O5/c1-17-8(14)5-3(6(9)10)2-4(13)7(11-5)12(15)16/h2,6,13H,1H3. The van der Waals surface area contributed by atoms with Gasteiger partial charge in [-0.05, 0) is 9.91 Å². The Kier molecular flexibility index (Phi) is 3.51. The minimum absolute atomic E-state index is 0.419. The molecule has 0 atom stereocenters. The average Bonchev–Trinajstić information content (AvgIpc) is 2.26. The average molecular weight is 248 g/mol. The van der Waals surface area contributed by atoms with Gasteiger partial charge in [0.15, 0.2) is 0 Å². The lowest BCUT2D eigenvalue weighted by Crippen LogP contribution is -2.10. The number of methoxy groups -OCH3 is 1. The van der Waals surface area contributed by atoms with Crippen LogP contribution in [-0.4, -0.2) is 28.1 Å². The molecule has 0 saturated carbocycles. The first kappa shape index (κ1) is 12.7. The third kappa shape index (κ3) is 2.44. The van der Waals surface area contributed by atoms with Crippen molar-refractivity contribution in [3.63, 3.8) is 0 Å². The number of carbonyl (C=O) groups excluding carboxylic acids is 1. The number of nitro groups is 1. The van der Waals surface area contributed by atoms with Crippen molar-refractivity contribution in [2.24, 2.45) is 0 Å². The molecule has 0 aliphatic heterocycles. The Hall–Kier alpha value is -2.32. The largest absolute Gasteiger partial charge is 0.501 e. The molecule has 0 aliphatic rings. The number of nitrogens with zero attached hydrogens (tertiary/aromatic N) is 2. The SMILES string of the molecule is COC(=O)c1nc([N+](=O)[O-])c(O)cc1C(F)F. The van der Waals surface area contributed by atoms with Crippen molar-refractivity contribution in [3.8, 4) is 5.75 Å². The molecule has 92 valence electrons. The first-order chi connectivity index (χ1) is 7.88. The molecule has 1 heterocycles. The summed E-state index contributed by atoms with van der Waals surface area (Å²) in [6.07, 6.45) is -3.12. The van der Waals surface area contributed by atoms with Gasteiger partial charge in [-0.1, -0.05) is 0 Å². The van der Waals surface area contributed by atoms with E-state index in [1.54, 1.807) is 0 Å². The molecule has 1 N–H and O–H groups in total. The van der Waals surface area contributed by atoms with E-state index in [9.17, 15) is 23.7 Å². The van der Waals surface area contributed by atoms with Crippen molar-refractivity contribution in [1.82, 2.24) is 4.98 Å². The van der Waals surface area contributed by atoms with Gasteiger partial charge in [0.05, 0.1) is 12.7 Å². The number of aromatic nitrogens is 1. The van der Waals surface area contributed by atoms with Gasteiger partial charge in [0, 0.05) is 6.07 Å². The Morgan fingerprint density at radius 3 is 2.65 bits per heavy atom. The fraction of sp³-hybridized carbons (Fsp3) is 0.250. The van der Waals surface area contributed by atoms with Gasteiger partial charge in [-0.25, -0.2) is 13.6 Å². The number of alkyl halides is 2. The molecule has 7 nitrogen and oxygen atoms in total. The molecule has 17 heavy (non-hydrogen) atoms. The Morgan fingerprint density at radius 2 is 2.24 bits per heavy atom. The smallest absolute Gasteiger partial charge is 0.406 e. The van der Waals surface area contributed by atoms with E-state index in [-0.39, 0.29) is 0 Å². The number of aromatic hydroxyl groups is 1. The van der Waals surface area contributed by atoms with Crippen LogP contribution in [0.5, 0.6) is 5.75 Å². The molecular formula is C8H6F2N2O5. The van der Waals surface area contributed by atoms with Crippen molar-refractivity contribution in [2.45, 2.75) is 6.43 Å². The zero-order valence-electron chi connectivity index (χ0n) is 8.39. The molecule has 1 aromatic rings. The monoisotopic (exact) mass is 248 g/mol. The first-order valence-electron chi connectivity index (χ1n) is 4.13. The van der Waals surface area contributed by atoms with Gasteiger partial charge in [-0.2, -0.15) is 0 Å². The predicted molar refractivity (Wildman–Crippen MR) is 48.9 cm³/mol. The second-order valence-electron chi connectivity index (χ2n) is 2.82. The van der Waals surface area contributed by atoms with E-state index < -0.39 is 40.1 Å². The van der Waals surface area contributed by atoms with Crippen LogP contribution >= 0.6 is 0 Å². The number of esters is 1. The van der Waals surface area contributed by atoms with E-state index in [1.165, 1.54) is 0 Å². The summed E-state index contributed by atoms with van der Waals surface area (Å²) in [6, 6.07) is 0.419. The summed E-state index contributed by atoms with van der Waals surface area (Å²) in [5, 5.41) is 19.5. The van der Waals surface area contributed by atoms with Crippen LogP contribution in [0.3, 0.4) is 0 Å². The summed E-state index contributed by atoms with van der Waals surface area (Å²) in [6.45, 7) is 0. The molecule has 0 unspecified atom stereocenters. The van der Waals surface area contributed by atoms with E-state index in [0.29, 0.717) is 6.07 Å². The minimum atomic E-state index is -3.12. The first-order valence-corrected chi connectivity index (χ1v) is 4.13. The van der Waals surface area contributed by atoms with Crippen LogP contribution in [0.25, 0.3) is 0 Å². The number of carbonyl (C=O) groups is 1. The van der Waals surface area contributed by atoms with E-state index >= 15 is 0 Å². The molecular weight excluding hydrogens is 242 g/mol. The lowest BCUT2D eigenvalue weighted by molar-refractivity contribution is -0.390. The second-order valence-corrected chi connectivity index (χ2v) is 2.82. The summed E-state index contributed by atoms with van der Waals surface area (Å²) in [5.41, 5.74) is -1.83. The van der Waals surface area contributed by atoms with Crippen molar-refractivity contribution >= 4 is 11.8 Å². The molecule has 1 rings (SSSR count). The lowest BCUT2D eigenvalue weighted by atomic mass is 10.2. The highest BCUT2D eigenvalue weighted by Crippen LogP contribution is 2.31. The number of hydrogen-bond donors (Lipinski definition) is 1. The highest BCUT2D eigenvalue weighted by Gasteiger charge is 2.30. The van der Waals surface area contributed by atoms with E-state index in [4.69, 9.17) is 5.11 Å². The van der Waals surface area contributed by atoms with Crippen LogP contribution < -0.4 is 0 Å². The van der Waals surface area contributed by atoms with Crippen LogP contribution in [0, 0.1) is 10.1 Å². The van der Waals surface area contributed by atoms with E-state index in [0.717, 1.165) is 7.11 Å². The Balaban J connectivity index is 3.47. The topological polar surface area (TPSA) is 103 Å². The number of ether oxygens (including phenoxy) is 1. The van der Waals surface area contributed by atoms with Crippen LogP contribution in [0.1, 0.15) is 22.5 Å². The Labute approximate surface area is 92.8 Å². The quantitative estimate of drug-likeness (QED) is 0.493. The summed E-state index contributed by atoms with van der Waals surface area (Å²) >= 11 is 0. The third-order valence-electron chi connectivity index (χ3n) is 1.80. The van der Waals surface area contributed by atoms with Gasteiger partial charge >= 0.3 is 11.8 Å². The summed E-state index contributed by atoms with van der Waals surface area (Å²) < 4.78 is 29.2. The molecule has 0 bridgehead atoms. The minimum Gasteiger partial charge on any atom is -0.501 e. The molecule has 0 radical (unpaired) electrons. The van der Waals surface area contributed by atoms with Crippen molar-refractivity contribution in [3.05, 3.63) is 27.4 Å². The number of pyridine rings is 1. The fourth-order valence-electron chi connectivity index (χ4n) is 1.07. The van der Waals surface area contributed by atoms with Gasteiger partial charge in [0.1, 0.15) is 0 Å². The number of hydrogen-bond acceptors (Lipinski definition) is 6. The fourth-order valence-corrected chi connectivity index (χ4v) is 1.07. The molecule has 0 fully saturated rings. The summed E-state index contributed by atoms with van der Waals surface area (Å²) in [5.74, 6) is -3.38. The third-order valence-corrected chi connectivity index (χ3v) is 1.80. The maximum Gasteiger partial charge on any atom is 0.406 e. The molecule has 1 aromatic heterocycles. The lowest BCUT2D eigenvalue weighted by Gasteiger charge is -2.04. The van der Waals surface area contributed by atoms with Gasteiger partial charge in [-0.3, -0.25) is 0 Å². The van der Waals surface area contributed by atoms with Crippen molar-refractivity contribution < 1.29 is 28.3 Å². The van der Waals surface area contributed by atoms with Crippen LogP contribution in [0.4, 0.5) is 14.6 Å². The number of halogens is 2. The zero-order valence-corrected chi connectivity index (χ0v) is 8.39. The van der Waals surface area contributed by atoms with Gasteiger partial charge in [-0.15, -0.1) is 0 Å². The Morgan fingerprint density at radius 1 is 1.65 bits per heavy atom. The predicted octanol–water partition coefficient (Wildman–Crippen LogP) is 1.42. The highest BCUT2D eigenvalue weighted by atomic mass is 19.3. The normalized spacial score (nSPS) is 10.4. The summed E-state index contributed by atoms with van der Waals surface area (Å²) in [4.78, 5) is 23.5. The molecule has 0 saturated heterocycles. The van der Waals surface area contributed by atoms with Crippen LogP contribution in [0.15, 0.2) is 6.07 Å². The summed E-state index contributed by atoms with van der Waals surface area (Å²) in [7, 11) is 0.915. The molecule has 0 aromatic carbocycles. The Bertz CT molecular complexity index is 477. The zero-order chi connectivity index (χ0) is 13.2. The maximum absolute atomic E-state index is 12.5. The maximum atomic E-state index is 12.5. The highest BCUT2D eigenvalue weighted by molar-refractivity contribution is 5.89. The van der Waals surface area contributed by atoms with Crippen molar-refractivity contribution in [2.75, 3.05) is 7.11 Å². The molecule has 0 aliphatic carbocycles. The molecule has 0 spiro atoms. The van der Waals surface area contributed by atoms with E-state index in [1.807, 2.05) is 0 Å². The van der Waals surface area contributed by atoms with Crippen LogP contribution in [0.2, 0.25) is 0 Å². The second kappa shape index (κ2) is 4.68. The van der Waals surface area contributed by atoms with Gasteiger partial charge < -0.3 is 20.0 Å². The van der Waals surface area contributed by atoms with Crippen LogP contribution in [-0.2, 0) is 4.74 Å². The van der Waals surface area contributed by atoms with Gasteiger partial charge in [0.2, 0.25) is 5.75 Å². The van der Waals surface area contributed by atoms with Gasteiger partial charge in [0.25, 0.3) is 12.1 Å². The molecule has 0 amide bonds. The van der Waals surface area contributed by atoms with Crippen molar-refractivity contribution in [1.29, 1.82) is 0 Å². The number of rotatable bonds is 3. The van der Waals surface area contributed by atoms with E-state index in [2.05, 4.69) is 9.72 Å². The molecule has 9 heteroatoms.